The minimum absolute atomic E-state index is 0.0893. The third-order valence-electron chi connectivity index (χ3n) is 4.67. The number of carbonyl (C=O) groups is 1. The second-order valence-corrected chi connectivity index (χ2v) is 6.57. The summed E-state index contributed by atoms with van der Waals surface area (Å²) in [5.41, 5.74) is 0.648. The number of guanidine groups is 1. The van der Waals surface area contributed by atoms with Crippen LogP contribution >= 0.6 is 0 Å². The molecule has 1 fully saturated rings. The van der Waals surface area contributed by atoms with Crippen LogP contribution in [-0.2, 0) is 4.79 Å². The van der Waals surface area contributed by atoms with Crippen molar-refractivity contribution in [2.45, 2.75) is 32.3 Å². The molecule has 6 nitrogen and oxygen atoms in total. The van der Waals surface area contributed by atoms with E-state index in [0.29, 0.717) is 17.9 Å². The van der Waals surface area contributed by atoms with Gasteiger partial charge in [0.1, 0.15) is 5.82 Å². The van der Waals surface area contributed by atoms with Crippen LogP contribution < -0.4 is 10.6 Å². The fraction of sp³-hybridized carbons (Fsp3) is 0.579. The van der Waals surface area contributed by atoms with Gasteiger partial charge in [-0.1, -0.05) is 12.1 Å². The summed E-state index contributed by atoms with van der Waals surface area (Å²) in [7, 11) is 1.67. The molecule has 1 heterocycles. The molecule has 1 saturated heterocycles. The van der Waals surface area contributed by atoms with Crippen LogP contribution in [0.3, 0.4) is 0 Å². The Morgan fingerprint density at radius 3 is 2.58 bits per heavy atom. The third-order valence-corrected chi connectivity index (χ3v) is 4.67. The molecule has 1 aliphatic rings. The van der Waals surface area contributed by atoms with Crippen LogP contribution in [-0.4, -0.2) is 55.1 Å². The summed E-state index contributed by atoms with van der Waals surface area (Å²) >= 11 is 0. The molecule has 1 aliphatic heterocycles. The van der Waals surface area contributed by atoms with E-state index in [1.165, 1.54) is 12.1 Å². The molecule has 3 N–H and O–H groups in total. The standard InChI is InChI=1S/C19H29FN4O2/c1-3-22-19(23-13-17(25)15-4-6-16(20)7-5-15)24-10-8-14(9-11-24)12-18(26)21-2/h4-7,14,17,25H,3,8-13H2,1-2H3,(H,21,26)(H,22,23). The molecule has 1 atom stereocenters. The molecule has 0 aliphatic carbocycles. The van der Waals surface area contributed by atoms with Crippen molar-refractivity contribution in [3.63, 3.8) is 0 Å². The number of nitrogens with one attached hydrogen (secondary N) is 2. The van der Waals surface area contributed by atoms with E-state index in [1.54, 1.807) is 19.2 Å². The Morgan fingerprint density at radius 1 is 1.35 bits per heavy atom. The number of amides is 1. The van der Waals surface area contributed by atoms with Gasteiger partial charge >= 0.3 is 0 Å². The van der Waals surface area contributed by atoms with Crippen molar-refractivity contribution in [2.24, 2.45) is 10.9 Å². The number of carbonyl (C=O) groups excluding carboxylic acids is 1. The fourth-order valence-corrected chi connectivity index (χ4v) is 3.10. The summed E-state index contributed by atoms with van der Waals surface area (Å²) < 4.78 is 13.0. The van der Waals surface area contributed by atoms with Crippen molar-refractivity contribution in [1.29, 1.82) is 0 Å². The molecule has 1 amide bonds. The summed E-state index contributed by atoms with van der Waals surface area (Å²) in [5, 5.41) is 16.2. The number of hydrogen-bond acceptors (Lipinski definition) is 3. The summed E-state index contributed by atoms with van der Waals surface area (Å²) in [6.07, 6.45) is 1.69. The lowest BCUT2D eigenvalue weighted by atomic mass is 9.93. The van der Waals surface area contributed by atoms with Gasteiger partial charge in [0.15, 0.2) is 5.96 Å². The van der Waals surface area contributed by atoms with Crippen molar-refractivity contribution in [3.05, 3.63) is 35.6 Å². The molecule has 2 rings (SSSR count). The molecule has 26 heavy (non-hydrogen) atoms. The molecular formula is C19H29FN4O2. The van der Waals surface area contributed by atoms with Gasteiger partial charge in [-0.25, -0.2) is 4.39 Å². The first kappa shape index (κ1) is 20.2. The summed E-state index contributed by atoms with van der Waals surface area (Å²) in [5.74, 6) is 0.940. The summed E-state index contributed by atoms with van der Waals surface area (Å²) in [4.78, 5) is 18.2. The van der Waals surface area contributed by atoms with Crippen LogP contribution in [0.2, 0.25) is 0 Å². The lowest BCUT2D eigenvalue weighted by Gasteiger charge is -2.34. The van der Waals surface area contributed by atoms with E-state index < -0.39 is 6.10 Å². The minimum atomic E-state index is -0.768. The molecule has 1 aromatic rings. The minimum Gasteiger partial charge on any atom is -0.386 e. The first-order valence-corrected chi connectivity index (χ1v) is 9.20. The number of aliphatic hydroxyl groups is 1. The van der Waals surface area contributed by atoms with E-state index in [9.17, 15) is 14.3 Å². The molecule has 144 valence electrons. The Morgan fingerprint density at radius 2 is 2.00 bits per heavy atom. The van der Waals surface area contributed by atoms with E-state index in [0.717, 1.165) is 38.4 Å². The Balaban J connectivity index is 1.92. The van der Waals surface area contributed by atoms with E-state index >= 15 is 0 Å². The zero-order valence-electron chi connectivity index (χ0n) is 15.5. The number of aliphatic hydroxyl groups excluding tert-OH is 1. The molecule has 0 spiro atoms. The van der Waals surface area contributed by atoms with Gasteiger partial charge in [0.05, 0.1) is 12.6 Å². The molecular weight excluding hydrogens is 335 g/mol. The molecule has 7 heteroatoms. The number of aliphatic imine (C=N–C) groups is 1. The normalized spacial score (nSPS) is 17.1. The molecule has 0 aromatic heterocycles. The maximum absolute atomic E-state index is 13.0. The number of benzene rings is 1. The van der Waals surface area contributed by atoms with Crippen LogP contribution in [0.25, 0.3) is 0 Å². The fourth-order valence-electron chi connectivity index (χ4n) is 3.10. The van der Waals surface area contributed by atoms with Gasteiger partial charge in [0, 0.05) is 33.1 Å². The second-order valence-electron chi connectivity index (χ2n) is 6.57. The first-order chi connectivity index (χ1) is 12.5. The molecule has 0 radical (unpaired) electrons. The van der Waals surface area contributed by atoms with Gasteiger partial charge in [-0.15, -0.1) is 0 Å². The topological polar surface area (TPSA) is 77.0 Å². The second kappa shape index (κ2) is 10.1. The quantitative estimate of drug-likeness (QED) is 0.530. The largest absolute Gasteiger partial charge is 0.386 e. The van der Waals surface area contributed by atoms with Crippen molar-refractivity contribution < 1.29 is 14.3 Å². The molecule has 0 bridgehead atoms. The predicted octanol–water partition coefficient (Wildman–Crippen LogP) is 1.67. The highest BCUT2D eigenvalue weighted by Crippen LogP contribution is 2.21. The molecule has 0 saturated carbocycles. The summed E-state index contributed by atoms with van der Waals surface area (Å²) in [6.45, 7) is 4.63. The van der Waals surface area contributed by atoms with Crippen LogP contribution in [0, 0.1) is 11.7 Å². The van der Waals surface area contributed by atoms with Crippen molar-refractivity contribution in [3.8, 4) is 0 Å². The molecule has 1 unspecified atom stereocenters. The zero-order valence-corrected chi connectivity index (χ0v) is 15.5. The SMILES string of the molecule is CCNC(=NCC(O)c1ccc(F)cc1)N1CCC(CC(=O)NC)CC1. The first-order valence-electron chi connectivity index (χ1n) is 9.20. The van der Waals surface area contributed by atoms with E-state index in [1.807, 2.05) is 6.92 Å². The molecule has 1 aromatic carbocycles. The predicted molar refractivity (Wildman–Crippen MR) is 100 cm³/mol. The van der Waals surface area contributed by atoms with Gasteiger partial charge < -0.3 is 20.6 Å². The van der Waals surface area contributed by atoms with Gasteiger partial charge in [0.25, 0.3) is 0 Å². The number of piperidine rings is 1. The number of rotatable bonds is 6. The lowest BCUT2D eigenvalue weighted by molar-refractivity contribution is -0.121. The van der Waals surface area contributed by atoms with Crippen LogP contribution in [0.4, 0.5) is 4.39 Å². The maximum Gasteiger partial charge on any atom is 0.220 e. The Bertz CT molecular complexity index is 598. The van der Waals surface area contributed by atoms with Crippen molar-refractivity contribution >= 4 is 11.9 Å². The zero-order chi connectivity index (χ0) is 18.9. The number of likely N-dealkylation sites (tertiary alicyclic amines) is 1. The monoisotopic (exact) mass is 364 g/mol. The average Bonchev–Trinajstić information content (AvgIpc) is 2.66. The summed E-state index contributed by atoms with van der Waals surface area (Å²) in [6, 6.07) is 5.83. The van der Waals surface area contributed by atoms with Crippen LogP contribution in [0.15, 0.2) is 29.3 Å². The number of nitrogens with zero attached hydrogens (tertiary/aromatic N) is 2. The Labute approximate surface area is 154 Å². The average molecular weight is 364 g/mol. The number of hydrogen-bond donors (Lipinski definition) is 3. The highest BCUT2D eigenvalue weighted by molar-refractivity contribution is 5.80. The highest BCUT2D eigenvalue weighted by atomic mass is 19.1. The van der Waals surface area contributed by atoms with Crippen LogP contribution in [0.5, 0.6) is 0 Å². The van der Waals surface area contributed by atoms with Crippen molar-refractivity contribution in [1.82, 2.24) is 15.5 Å². The van der Waals surface area contributed by atoms with Crippen LogP contribution in [0.1, 0.15) is 37.9 Å². The lowest BCUT2D eigenvalue weighted by Crippen LogP contribution is -2.46. The smallest absolute Gasteiger partial charge is 0.220 e. The van der Waals surface area contributed by atoms with Gasteiger partial charge in [-0.2, -0.15) is 0 Å². The van der Waals surface area contributed by atoms with E-state index in [-0.39, 0.29) is 18.3 Å². The van der Waals surface area contributed by atoms with Crippen molar-refractivity contribution in [2.75, 3.05) is 33.2 Å². The van der Waals surface area contributed by atoms with Gasteiger partial charge in [-0.3, -0.25) is 9.79 Å². The Hall–Kier alpha value is -2.15. The Kier molecular flexibility index (Phi) is 7.84. The highest BCUT2D eigenvalue weighted by Gasteiger charge is 2.23. The van der Waals surface area contributed by atoms with E-state index in [4.69, 9.17) is 0 Å². The van der Waals surface area contributed by atoms with E-state index in [2.05, 4.69) is 20.5 Å². The third kappa shape index (κ3) is 5.98. The number of halogens is 1. The van der Waals surface area contributed by atoms with Gasteiger partial charge in [0.2, 0.25) is 5.91 Å². The maximum atomic E-state index is 13.0. The van der Waals surface area contributed by atoms with Gasteiger partial charge in [-0.05, 0) is 43.4 Å².